The molecule has 1 heterocycles. The average molecular weight is 336 g/mol. The van der Waals surface area contributed by atoms with E-state index >= 15 is 0 Å². The fourth-order valence-corrected chi connectivity index (χ4v) is 2.54. The molecule has 1 amide bonds. The number of piperidine rings is 1. The summed E-state index contributed by atoms with van der Waals surface area (Å²) in [5, 5.41) is 3.52. The van der Waals surface area contributed by atoms with Crippen molar-refractivity contribution in [2.75, 3.05) is 19.6 Å². The van der Waals surface area contributed by atoms with Gasteiger partial charge in [-0.25, -0.2) is 0 Å². The number of halogens is 1. The Morgan fingerprint density at radius 1 is 1.44 bits per heavy atom. The van der Waals surface area contributed by atoms with Gasteiger partial charge < -0.3 is 4.90 Å². The molecule has 90 valence electrons. The highest BCUT2D eigenvalue weighted by Crippen LogP contribution is 2.23. The molecule has 0 bridgehead atoms. The molecule has 6 heteroatoms. The predicted octanol–water partition coefficient (Wildman–Crippen LogP) is 3.73. The maximum Gasteiger partial charge on any atom is 0.283 e. The molecular weight excluding hydrogens is 319 g/mol. The maximum atomic E-state index is 11.1. The Kier molecular flexibility index (Phi) is 6.56. The van der Waals surface area contributed by atoms with Crippen molar-refractivity contribution >= 4 is 26.5 Å². The Balaban J connectivity index is 2.08. The Morgan fingerprint density at radius 3 is 2.69 bits per heavy atom. The smallest absolute Gasteiger partial charge is 0.283 e. The first-order chi connectivity index (χ1) is 7.74. The zero-order valence-corrected chi connectivity index (χ0v) is 11.5. The molecule has 0 aromatic carbocycles. The minimum Gasteiger partial charge on any atom is -0.334 e. The summed E-state index contributed by atoms with van der Waals surface area (Å²) in [6.45, 7) is 2.42. The van der Waals surface area contributed by atoms with Crippen LogP contribution in [0.3, 0.4) is 0 Å². The van der Waals surface area contributed by atoms with Crippen molar-refractivity contribution in [2.24, 2.45) is 11.0 Å². The molecule has 0 N–H and O–H groups in total. The molecule has 0 spiro atoms. The third-order valence-corrected chi connectivity index (χ3v) is 3.73. The van der Waals surface area contributed by atoms with Crippen LogP contribution in [0.15, 0.2) is 5.11 Å². The Bertz CT molecular complexity index is 270. The quantitative estimate of drug-likeness (QED) is 0.143. The number of hydrogen-bond acceptors (Lipinski definition) is 2. The second kappa shape index (κ2) is 7.73. The van der Waals surface area contributed by atoms with Gasteiger partial charge in [-0.15, -0.1) is 0 Å². The average Bonchev–Trinajstić information content (AvgIpc) is 2.29. The summed E-state index contributed by atoms with van der Waals surface area (Å²) in [6.07, 6.45) is 5.55. The molecule has 5 nitrogen and oxygen atoms in total. The zero-order chi connectivity index (χ0) is 11.8. The lowest BCUT2D eigenvalue weighted by molar-refractivity contribution is 0.191. The molecule has 1 aliphatic heterocycles. The summed E-state index contributed by atoms with van der Waals surface area (Å²) >= 11 is 1.85. The van der Waals surface area contributed by atoms with Gasteiger partial charge in [-0.2, -0.15) is 0 Å². The van der Waals surface area contributed by atoms with E-state index in [9.17, 15) is 4.79 Å². The number of nitrogens with zero attached hydrogens (tertiary/aromatic N) is 4. The monoisotopic (exact) mass is 336 g/mol. The first kappa shape index (κ1) is 13.6. The summed E-state index contributed by atoms with van der Waals surface area (Å²) in [4.78, 5) is 15.7. The highest BCUT2D eigenvalue weighted by Gasteiger charge is 2.20. The molecule has 1 rings (SSSR count). The SMILES string of the molecule is [N-]=[N+]=NCCCCC1CCN(C(=O)I)CC1. The van der Waals surface area contributed by atoms with Crippen LogP contribution in [-0.4, -0.2) is 28.4 Å². The topological polar surface area (TPSA) is 69.1 Å². The standard InChI is InChI=1S/C10H17IN4O/c11-10(16)15-7-4-9(5-8-15)3-1-2-6-13-14-12/h9H,1-8H2. The summed E-state index contributed by atoms with van der Waals surface area (Å²) in [7, 11) is 0. The summed E-state index contributed by atoms with van der Waals surface area (Å²) in [5.74, 6) is 0.748. The molecule has 0 aliphatic carbocycles. The zero-order valence-electron chi connectivity index (χ0n) is 9.31. The van der Waals surface area contributed by atoms with E-state index in [0.29, 0.717) is 6.54 Å². The van der Waals surface area contributed by atoms with Crippen molar-refractivity contribution < 1.29 is 4.79 Å². The van der Waals surface area contributed by atoms with E-state index in [0.717, 1.165) is 44.7 Å². The summed E-state index contributed by atoms with van der Waals surface area (Å²) in [5.41, 5.74) is 8.12. The molecule has 0 aromatic heterocycles. The molecule has 0 saturated carbocycles. The van der Waals surface area contributed by atoms with Crippen molar-refractivity contribution in [3.63, 3.8) is 0 Å². The fourth-order valence-electron chi connectivity index (χ4n) is 2.06. The first-order valence-electron chi connectivity index (χ1n) is 5.69. The van der Waals surface area contributed by atoms with Gasteiger partial charge >= 0.3 is 0 Å². The van der Waals surface area contributed by atoms with Crippen LogP contribution in [0.25, 0.3) is 10.4 Å². The molecule has 1 fully saturated rings. The van der Waals surface area contributed by atoms with Crippen LogP contribution < -0.4 is 0 Å². The first-order valence-corrected chi connectivity index (χ1v) is 6.77. The lowest BCUT2D eigenvalue weighted by Crippen LogP contribution is -2.35. The summed E-state index contributed by atoms with van der Waals surface area (Å²) in [6, 6.07) is 0. The van der Waals surface area contributed by atoms with Gasteiger partial charge in [0.05, 0.1) is 0 Å². The largest absolute Gasteiger partial charge is 0.334 e. The van der Waals surface area contributed by atoms with E-state index in [-0.39, 0.29) is 3.91 Å². The van der Waals surface area contributed by atoms with Gasteiger partial charge in [0.25, 0.3) is 3.91 Å². The molecule has 1 saturated heterocycles. The Hall–Kier alpha value is -0.490. The molecule has 0 radical (unpaired) electrons. The third kappa shape index (κ3) is 5.03. The van der Waals surface area contributed by atoms with Crippen LogP contribution in [0, 0.1) is 5.92 Å². The minimum absolute atomic E-state index is 0.166. The van der Waals surface area contributed by atoms with Crippen molar-refractivity contribution in [1.82, 2.24) is 4.90 Å². The number of carbonyl (C=O) groups excluding carboxylic acids is 1. The van der Waals surface area contributed by atoms with Gasteiger partial charge in [0.1, 0.15) is 0 Å². The van der Waals surface area contributed by atoms with Crippen LogP contribution in [-0.2, 0) is 0 Å². The second-order valence-corrected chi connectivity index (χ2v) is 5.06. The van der Waals surface area contributed by atoms with E-state index in [4.69, 9.17) is 5.53 Å². The lowest BCUT2D eigenvalue weighted by Gasteiger charge is -2.30. The van der Waals surface area contributed by atoms with E-state index in [2.05, 4.69) is 10.0 Å². The highest BCUT2D eigenvalue weighted by molar-refractivity contribution is 14.1. The lowest BCUT2D eigenvalue weighted by atomic mass is 9.92. The van der Waals surface area contributed by atoms with Crippen molar-refractivity contribution in [2.45, 2.75) is 32.1 Å². The van der Waals surface area contributed by atoms with Gasteiger partial charge in [0, 0.05) is 47.1 Å². The Labute approximate surface area is 109 Å². The van der Waals surface area contributed by atoms with Gasteiger partial charge in [-0.1, -0.05) is 18.0 Å². The van der Waals surface area contributed by atoms with Gasteiger partial charge in [0.15, 0.2) is 0 Å². The van der Waals surface area contributed by atoms with E-state index in [1.54, 1.807) is 0 Å². The van der Waals surface area contributed by atoms with Crippen molar-refractivity contribution in [3.8, 4) is 0 Å². The number of carbonyl (C=O) groups is 1. The van der Waals surface area contributed by atoms with E-state index < -0.39 is 0 Å². The van der Waals surface area contributed by atoms with Gasteiger partial charge in [-0.3, -0.25) is 4.79 Å². The molecule has 0 unspecified atom stereocenters. The normalized spacial score (nSPS) is 16.9. The van der Waals surface area contributed by atoms with Crippen molar-refractivity contribution in [3.05, 3.63) is 10.4 Å². The highest BCUT2D eigenvalue weighted by atomic mass is 127. The number of azide groups is 1. The number of amides is 1. The van der Waals surface area contributed by atoms with Crippen LogP contribution in [0.2, 0.25) is 0 Å². The molecular formula is C10H17IN4O. The van der Waals surface area contributed by atoms with Gasteiger partial charge in [-0.05, 0) is 30.7 Å². The van der Waals surface area contributed by atoms with Crippen molar-refractivity contribution in [1.29, 1.82) is 0 Å². The third-order valence-electron chi connectivity index (χ3n) is 3.05. The Morgan fingerprint density at radius 2 is 2.12 bits per heavy atom. The minimum atomic E-state index is 0.166. The summed E-state index contributed by atoms with van der Waals surface area (Å²) < 4.78 is 0.166. The van der Waals surface area contributed by atoms with E-state index in [1.165, 1.54) is 6.42 Å². The van der Waals surface area contributed by atoms with Gasteiger partial charge in [0.2, 0.25) is 0 Å². The molecule has 0 atom stereocenters. The molecule has 16 heavy (non-hydrogen) atoms. The van der Waals surface area contributed by atoms with Crippen LogP contribution in [0.4, 0.5) is 4.79 Å². The van der Waals surface area contributed by atoms with Crippen LogP contribution in [0.1, 0.15) is 32.1 Å². The number of hydrogen-bond donors (Lipinski definition) is 0. The van der Waals surface area contributed by atoms with Crippen LogP contribution in [0.5, 0.6) is 0 Å². The van der Waals surface area contributed by atoms with Crippen LogP contribution >= 0.6 is 22.6 Å². The number of rotatable bonds is 5. The number of unbranched alkanes of at least 4 members (excludes halogenated alkanes) is 1. The predicted molar refractivity (Wildman–Crippen MR) is 71.6 cm³/mol. The molecule has 1 aliphatic rings. The second-order valence-electron chi connectivity index (χ2n) is 4.13. The molecule has 0 aromatic rings. The fraction of sp³-hybridized carbons (Fsp3) is 0.900. The van der Waals surface area contributed by atoms with E-state index in [1.807, 2.05) is 27.5 Å². The number of likely N-dealkylation sites (tertiary alicyclic amines) is 1. The maximum absolute atomic E-state index is 11.1.